The highest BCUT2D eigenvalue weighted by Crippen LogP contribution is 2.02. The van der Waals surface area contributed by atoms with Crippen molar-refractivity contribution in [2.75, 3.05) is 13.1 Å². The van der Waals surface area contributed by atoms with Gasteiger partial charge in [0, 0.05) is 19.1 Å². The zero-order chi connectivity index (χ0) is 15.9. The number of carboxylic acid groups (broad SMARTS) is 1. The summed E-state index contributed by atoms with van der Waals surface area (Å²) in [6.45, 7) is 9.61. The molecular formula is C13H25N3O4. The Morgan fingerprint density at radius 1 is 1.05 bits per heavy atom. The molecule has 116 valence electrons. The standard InChI is InChI=1S/C13H25N3O4/c1-6-16(7-2)11(17)10(5)15-13(20)14-9(4)8(3)12(18)19/h8-10H,6-7H2,1-5H3,(H,18,19)(H2,14,15,20). The van der Waals surface area contributed by atoms with Gasteiger partial charge in [0.05, 0.1) is 5.92 Å². The lowest BCUT2D eigenvalue weighted by molar-refractivity contribution is -0.141. The third-order valence-corrected chi connectivity index (χ3v) is 3.29. The fourth-order valence-corrected chi connectivity index (χ4v) is 1.65. The minimum atomic E-state index is -0.981. The number of amides is 3. The molecule has 0 aromatic carbocycles. The van der Waals surface area contributed by atoms with Crippen molar-refractivity contribution in [3.8, 4) is 0 Å². The molecule has 20 heavy (non-hydrogen) atoms. The van der Waals surface area contributed by atoms with Crippen molar-refractivity contribution in [3.05, 3.63) is 0 Å². The van der Waals surface area contributed by atoms with Gasteiger partial charge in [-0.1, -0.05) is 0 Å². The molecule has 0 saturated heterocycles. The quantitative estimate of drug-likeness (QED) is 0.640. The predicted molar refractivity (Wildman–Crippen MR) is 75.3 cm³/mol. The average molecular weight is 287 g/mol. The molecule has 0 saturated carbocycles. The van der Waals surface area contributed by atoms with Gasteiger partial charge in [-0.05, 0) is 34.6 Å². The minimum Gasteiger partial charge on any atom is -0.481 e. The number of urea groups is 1. The van der Waals surface area contributed by atoms with E-state index in [1.54, 1.807) is 18.7 Å². The molecule has 7 heteroatoms. The van der Waals surface area contributed by atoms with Gasteiger partial charge < -0.3 is 20.6 Å². The highest BCUT2D eigenvalue weighted by atomic mass is 16.4. The number of rotatable bonds is 7. The lowest BCUT2D eigenvalue weighted by Crippen LogP contribution is -2.52. The van der Waals surface area contributed by atoms with E-state index in [2.05, 4.69) is 10.6 Å². The number of nitrogens with one attached hydrogen (secondary N) is 2. The minimum absolute atomic E-state index is 0.163. The van der Waals surface area contributed by atoms with Gasteiger partial charge in [-0.3, -0.25) is 9.59 Å². The zero-order valence-corrected chi connectivity index (χ0v) is 12.8. The average Bonchev–Trinajstić information content (AvgIpc) is 2.38. The molecule has 0 aromatic heterocycles. The van der Waals surface area contributed by atoms with Crippen LogP contribution in [-0.4, -0.2) is 53.1 Å². The van der Waals surface area contributed by atoms with Crippen LogP contribution in [0.1, 0.15) is 34.6 Å². The van der Waals surface area contributed by atoms with E-state index in [1.165, 1.54) is 6.92 Å². The summed E-state index contributed by atoms with van der Waals surface area (Å²) in [6.07, 6.45) is 0. The number of aliphatic carboxylic acids is 1. The van der Waals surface area contributed by atoms with Gasteiger partial charge >= 0.3 is 12.0 Å². The first-order valence-corrected chi connectivity index (χ1v) is 6.83. The topological polar surface area (TPSA) is 98.7 Å². The second-order valence-electron chi connectivity index (χ2n) is 4.77. The number of hydrogen-bond donors (Lipinski definition) is 3. The summed E-state index contributed by atoms with van der Waals surface area (Å²) in [7, 11) is 0. The van der Waals surface area contributed by atoms with Gasteiger partial charge in [0.2, 0.25) is 5.91 Å². The molecule has 0 aromatic rings. The molecule has 3 amide bonds. The highest BCUT2D eigenvalue weighted by Gasteiger charge is 2.24. The van der Waals surface area contributed by atoms with Crippen LogP contribution in [0.3, 0.4) is 0 Å². The molecule has 0 aliphatic rings. The van der Waals surface area contributed by atoms with E-state index >= 15 is 0 Å². The fourth-order valence-electron chi connectivity index (χ4n) is 1.65. The smallest absolute Gasteiger partial charge is 0.315 e. The molecule has 0 fully saturated rings. The van der Waals surface area contributed by atoms with Crippen molar-refractivity contribution in [1.29, 1.82) is 0 Å². The first kappa shape index (κ1) is 18.2. The van der Waals surface area contributed by atoms with Crippen molar-refractivity contribution >= 4 is 17.9 Å². The summed E-state index contributed by atoms with van der Waals surface area (Å²) < 4.78 is 0. The fraction of sp³-hybridized carbons (Fsp3) is 0.769. The second-order valence-corrected chi connectivity index (χ2v) is 4.77. The van der Waals surface area contributed by atoms with Crippen molar-refractivity contribution in [3.63, 3.8) is 0 Å². The van der Waals surface area contributed by atoms with Crippen LogP contribution in [0.4, 0.5) is 4.79 Å². The van der Waals surface area contributed by atoms with Gasteiger partial charge in [-0.25, -0.2) is 4.79 Å². The Balaban J connectivity index is 4.40. The van der Waals surface area contributed by atoms with Gasteiger partial charge in [0.15, 0.2) is 0 Å². The third kappa shape index (κ3) is 5.46. The number of likely N-dealkylation sites (N-methyl/N-ethyl adjacent to an activating group) is 1. The summed E-state index contributed by atoms with van der Waals surface area (Å²) in [5, 5.41) is 13.9. The molecule has 0 spiro atoms. The maximum atomic E-state index is 12.0. The van der Waals surface area contributed by atoms with Crippen LogP contribution in [0.15, 0.2) is 0 Å². The lowest BCUT2D eigenvalue weighted by Gasteiger charge is -2.24. The summed E-state index contributed by atoms with van der Waals surface area (Å²) in [5.41, 5.74) is 0. The van der Waals surface area contributed by atoms with Gasteiger partial charge in [-0.2, -0.15) is 0 Å². The van der Waals surface area contributed by atoms with E-state index in [9.17, 15) is 14.4 Å². The molecule has 0 heterocycles. The first-order valence-electron chi connectivity index (χ1n) is 6.83. The van der Waals surface area contributed by atoms with E-state index in [0.717, 1.165) is 0 Å². The number of carbonyl (C=O) groups is 3. The second kappa shape index (κ2) is 8.39. The van der Waals surface area contributed by atoms with Gasteiger partial charge in [0.25, 0.3) is 0 Å². The largest absolute Gasteiger partial charge is 0.481 e. The van der Waals surface area contributed by atoms with Gasteiger partial charge in [0.1, 0.15) is 6.04 Å². The molecule has 0 rings (SSSR count). The zero-order valence-electron chi connectivity index (χ0n) is 12.8. The van der Waals surface area contributed by atoms with E-state index in [-0.39, 0.29) is 5.91 Å². The number of nitrogens with zero attached hydrogens (tertiary/aromatic N) is 1. The number of carbonyl (C=O) groups excluding carboxylic acids is 2. The highest BCUT2D eigenvalue weighted by molar-refractivity contribution is 5.87. The van der Waals surface area contributed by atoms with Crippen LogP contribution in [0, 0.1) is 5.92 Å². The third-order valence-electron chi connectivity index (χ3n) is 3.29. The maximum absolute atomic E-state index is 12.0. The Kier molecular flexibility index (Phi) is 7.64. The molecule has 0 aliphatic heterocycles. The number of carboxylic acids is 1. The Hall–Kier alpha value is -1.79. The van der Waals surface area contributed by atoms with E-state index in [1.807, 2.05) is 13.8 Å². The van der Waals surface area contributed by atoms with E-state index < -0.39 is 30.0 Å². The molecule has 0 bridgehead atoms. The van der Waals surface area contributed by atoms with Crippen molar-refractivity contribution < 1.29 is 19.5 Å². The SMILES string of the molecule is CCN(CC)C(=O)C(C)NC(=O)NC(C)C(C)C(=O)O. The summed E-state index contributed by atoms with van der Waals surface area (Å²) in [6, 6.07) is -1.72. The first-order chi connectivity index (χ1) is 9.24. The summed E-state index contributed by atoms with van der Waals surface area (Å²) in [4.78, 5) is 36.1. The Morgan fingerprint density at radius 2 is 1.55 bits per heavy atom. The number of hydrogen-bond acceptors (Lipinski definition) is 3. The van der Waals surface area contributed by atoms with E-state index in [4.69, 9.17) is 5.11 Å². The van der Waals surface area contributed by atoms with Crippen molar-refractivity contribution in [2.24, 2.45) is 5.92 Å². The van der Waals surface area contributed by atoms with Crippen LogP contribution in [0.2, 0.25) is 0 Å². The summed E-state index contributed by atoms with van der Waals surface area (Å²) in [5.74, 6) is -1.84. The van der Waals surface area contributed by atoms with Crippen molar-refractivity contribution in [2.45, 2.75) is 46.7 Å². The molecule has 3 unspecified atom stereocenters. The lowest BCUT2D eigenvalue weighted by atomic mass is 10.0. The molecule has 7 nitrogen and oxygen atoms in total. The molecule has 3 atom stereocenters. The maximum Gasteiger partial charge on any atom is 0.315 e. The Morgan fingerprint density at radius 3 is 1.95 bits per heavy atom. The monoisotopic (exact) mass is 287 g/mol. The molecule has 3 N–H and O–H groups in total. The van der Waals surface area contributed by atoms with Crippen LogP contribution in [0.5, 0.6) is 0 Å². The predicted octanol–water partition coefficient (Wildman–Crippen LogP) is 0.652. The van der Waals surface area contributed by atoms with Crippen LogP contribution >= 0.6 is 0 Å². The Labute approximate surface area is 119 Å². The van der Waals surface area contributed by atoms with Crippen molar-refractivity contribution in [1.82, 2.24) is 15.5 Å². The molecule has 0 aliphatic carbocycles. The molecular weight excluding hydrogens is 262 g/mol. The van der Waals surface area contributed by atoms with Crippen LogP contribution in [0.25, 0.3) is 0 Å². The summed E-state index contributed by atoms with van der Waals surface area (Å²) >= 11 is 0. The van der Waals surface area contributed by atoms with E-state index in [0.29, 0.717) is 13.1 Å². The van der Waals surface area contributed by atoms with Gasteiger partial charge in [-0.15, -0.1) is 0 Å². The molecule has 0 radical (unpaired) electrons. The van der Waals surface area contributed by atoms with Crippen LogP contribution in [-0.2, 0) is 9.59 Å². The van der Waals surface area contributed by atoms with Crippen LogP contribution < -0.4 is 10.6 Å². The Bertz CT molecular complexity index is 356. The normalized spacial score (nSPS) is 14.8.